The molecule has 102 valence electrons. The van der Waals surface area contributed by atoms with Gasteiger partial charge < -0.3 is 14.7 Å². The number of aliphatic hydroxyl groups excluding tert-OH is 1. The Hall–Kier alpha value is -1.57. The summed E-state index contributed by atoms with van der Waals surface area (Å²) in [7, 11) is 0. The molecule has 4 nitrogen and oxygen atoms in total. The average molecular weight is 260 g/mol. The van der Waals surface area contributed by atoms with Crippen molar-refractivity contribution in [1.82, 2.24) is 0 Å². The van der Waals surface area contributed by atoms with Crippen LogP contribution in [0.4, 0.5) is 5.69 Å². The third kappa shape index (κ3) is 3.06. The molecule has 0 aromatic heterocycles. The van der Waals surface area contributed by atoms with E-state index in [1.807, 2.05) is 12.1 Å². The zero-order valence-electron chi connectivity index (χ0n) is 11.7. The van der Waals surface area contributed by atoms with Crippen LogP contribution in [0.25, 0.3) is 0 Å². The van der Waals surface area contributed by atoms with Gasteiger partial charge in [0.25, 0.3) is 0 Å². The van der Waals surface area contributed by atoms with Crippen LogP contribution in [0.1, 0.15) is 38.0 Å². The third-order valence-electron chi connectivity index (χ3n) is 3.38. The molecular weight excluding hydrogens is 240 g/mol. The van der Waals surface area contributed by atoms with E-state index in [4.69, 9.17) is 10.00 Å². The lowest BCUT2D eigenvalue weighted by Crippen LogP contribution is -2.48. The van der Waals surface area contributed by atoms with E-state index in [1.165, 1.54) is 0 Å². The summed E-state index contributed by atoms with van der Waals surface area (Å²) in [5.41, 5.74) is 2.20. The van der Waals surface area contributed by atoms with Gasteiger partial charge in [0, 0.05) is 24.3 Å². The highest BCUT2D eigenvalue weighted by atomic mass is 16.5. The Labute approximate surface area is 114 Å². The highest BCUT2D eigenvalue weighted by Crippen LogP contribution is 2.30. The van der Waals surface area contributed by atoms with Crippen molar-refractivity contribution in [3.63, 3.8) is 0 Å². The molecule has 1 aromatic rings. The molecule has 1 saturated heterocycles. The largest absolute Gasteiger partial charge is 0.389 e. The molecule has 2 rings (SSSR count). The second-order valence-corrected chi connectivity index (χ2v) is 5.59. The lowest BCUT2D eigenvalue weighted by molar-refractivity contribution is -0.0278. The molecule has 0 radical (unpaired) electrons. The summed E-state index contributed by atoms with van der Waals surface area (Å²) in [5, 5.41) is 18.9. The van der Waals surface area contributed by atoms with Crippen molar-refractivity contribution >= 4 is 5.69 Å². The van der Waals surface area contributed by atoms with Crippen molar-refractivity contribution < 1.29 is 9.84 Å². The average Bonchev–Trinajstić information content (AvgIpc) is 2.36. The highest BCUT2D eigenvalue weighted by molar-refractivity contribution is 5.59. The van der Waals surface area contributed by atoms with Crippen LogP contribution in [-0.4, -0.2) is 30.4 Å². The van der Waals surface area contributed by atoms with Crippen LogP contribution >= 0.6 is 0 Å². The molecule has 4 heteroatoms. The van der Waals surface area contributed by atoms with Crippen molar-refractivity contribution in [2.24, 2.45) is 0 Å². The molecule has 1 fully saturated rings. The number of aliphatic hydroxyl groups is 1. The van der Waals surface area contributed by atoms with E-state index in [1.54, 1.807) is 13.0 Å². The minimum absolute atomic E-state index is 0.211. The van der Waals surface area contributed by atoms with Crippen molar-refractivity contribution in [3.05, 3.63) is 29.3 Å². The van der Waals surface area contributed by atoms with Gasteiger partial charge in [0.1, 0.15) is 0 Å². The Morgan fingerprint density at radius 3 is 2.79 bits per heavy atom. The van der Waals surface area contributed by atoms with E-state index in [0.29, 0.717) is 12.2 Å². The number of morpholine rings is 1. The van der Waals surface area contributed by atoms with E-state index in [-0.39, 0.29) is 5.60 Å². The normalized spacial score (nSPS) is 19.8. The van der Waals surface area contributed by atoms with E-state index < -0.39 is 6.10 Å². The quantitative estimate of drug-likeness (QED) is 0.886. The van der Waals surface area contributed by atoms with Gasteiger partial charge in [-0.1, -0.05) is 6.07 Å². The van der Waals surface area contributed by atoms with E-state index in [2.05, 4.69) is 24.8 Å². The van der Waals surface area contributed by atoms with Crippen LogP contribution in [0, 0.1) is 11.3 Å². The maximum atomic E-state index is 9.89. The molecule has 1 atom stereocenters. The highest BCUT2D eigenvalue weighted by Gasteiger charge is 2.28. The maximum Gasteiger partial charge on any atom is 0.0992 e. The van der Waals surface area contributed by atoms with Gasteiger partial charge in [-0.25, -0.2) is 0 Å². The van der Waals surface area contributed by atoms with Gasteiger partial charge >= 0.3 is 0 Å². The zero-order chi connectivity index (χ0) is 14.0. The van der Waals surface area contributed by atoms with Gasteiger partial charge in [-0.2, -0.15) is 5.26 Å². The van der Waals surface area contributed by atoms with Gasteiger partial charge in [-0.15, -0.1) is 0 Å². The first-order valence-electron chi connectivity index (χ1n) is 6.54. The summed E-state index contributed by atoms with van der Waals surface area (Å²) in [6.45, 7) is 8.03. The van der Waals surface area contributed by atoms with Gasteiger partial charge in [0.15, 0.2) is 0 Å². The number of hydrogen-bond acceptors (Lipinski definition) is 4. The molecule has 0 unspecified atom stereocenters. The summed E-state index contributed by atoms with van der Waals surface area (Å²) in [4.78, 5) is 2.19. The number of rotatable bonds is 2. The van der Waals surface area contributed by atoms with Crippen LogP contribution in [-0.2, 0) is 4.74 Å². The van der Waals surface area contributed by atoms with E-state index in [9.17, 15) is 5.11 Å². The maximum absolute atomic E-state index is 9.89. The predicted molar refractivity (Wildman–Crippen MR) is 74.0 cm³/mol. The zero-order valence-corrected chi connectivity index (χ0v) is 11.7. The van der Waals surface area contributed by atoms with Crippen LogP contribution in [0.3, 0.4) is 0 Å². The van der Waals surface area contributed by atoms with Gasteiger partial charge in [-0.05, 0) is 32.9 Å². The molecule has 0 aliphatic carbocycles. The third-order valence-corrected chi connectivity index (χ3v) is 3.38. The predicted octanol–water partition coefficient (Wildman–Crippen LogP) is 2.23. The number of ether oxygens (including phenoxy) is 1. The van der Waals surface area contributed by atoms with Crippen LogP contribution in [0.5, 0.6) is 0 Å². The Morgan fingerprint density at radius 1 is 1.47 bits per heavy atom. The summed E-state index contributed by atoms with van der Waals surface area (Å²) in [6.07, 6.45) is -0.548. The Balaban J connectivity index is 2.39. The number of hydrogen-bond donors (Lipinski definition) is 1. The fraction of sp³-hybridized carbons (Fsp3) is 0.533. The van der Waals surface area contributed by atoms with Crippen molar-refractivity contribution in [3.8, 4) is 6.07 Å². The molecule has 0 amide bonds. The molecule has 1 N–H and O–H groups in total. The van der Waals surface area contributed by atoms with Gasteiger partial charge in [0.2, 0.25) is 0 Å². The minimum atomic E-state index is -0.548. The van der Waals surface area contributed by atoms with Crippen molar-refractivity contribution in [1.29, 1.82) is 5.26 Å². The first-order valence-corrected chi connectivity index (χ1v) is 6.54. The standard InChI is InChI=1S/C15H20N2O2/c1-11(18)13-5-4-12(9-16)8-14(13)17-6-7-19-15(2,3)10-17/h4-5,8,11,18H,6-7,10H2,1-3H3/t11-/m1/s1. The molecule has 0 spiro atoms. The second kappa shape index (κ2) is 5.20. The molecule has 1 aliphatic heterocycles. The number of nitriles is 1. The van der Waals surface area contributed by atoms with Crippen LogP contribution in [0.2, 0.25) is 0 Å². The smallest absolute Gasteiger partial charge is 0.0992 e. The van der Waals surface area contributed by atoms with Crippen molar-refractivity contribution in [2.75, 3.05) is 24.6 Å². The SMILES string of the molecule is C[C@@H](O)c1ccc(C#N)cc1N1CCOC(C)(C)C1. The molecule has 0 bridgehead atoms. The fourth-order valence-electron chi connectivity index (χ4n) is 2.46. The number of nitrogens with zero attached hydrogens (tertiary/aromatic N) is 2. The Kier molecular flexibility index (Phi) is 3.79. The lowest BCUT2D eigenvalue weighted by atomic mass is 10.0. The topological polar surface area (TPSA) is 56.5 Å². The summed E-state index contributed by atoms with van der Waals surface area (Å²) in [5.74, 6) is 0. The number of anilines is 1. The lowest BCUT2D eigenvalue weighted by Gasteiger charge is -2.40. The monoisotopic (exact) mass is 260 g/mol. The molecule has 19 heavy (non-hydrogen) atoms. The van der Waals surface area contributed by atoms with E-state index >= 15 is 0 Å². The van der Waals surface area contributed by atoms with Gasteiger partial charge in [-0.3, -0.25) is 0 Å². The van der Waals surface area contributed by atoms with Crippen LogP contribution < -0.4 is 4.90 Å². The summed E-state index contributed by atoms with van der Waals surface area (Å²) >= 11 is 0. The molecular formula is C15H20N2O2. The van der Waals surface area contributed by atoms with Gasteiger partial charge in [0.05, 0.1) is 29.9 Å². The second-order valence-electron chi connectivity index (χ2n) is 5.59. The number of benzene rings is 1. The molecule has 1 aromatic carbocycles. The molecule has 1 heterocycles. The fourth-order valence-corrected chi connectivity index (χ4v) is 2.46. The summed E-state index contributed by atoms with van der Waals surface area (Å²) in [6, 6.07) is 7.59. The first kappa shape index (κ1) is 13.9. The summed E-state index contributed by atoms with van der Waals surface area (Å²) < 4.78 is 5.70. The molecule has 0 saturated carbocycles. The minimum Gasteiger partial charge on any atom is -0.389 e. The first-order chi connectivity index (χ1) is 8.93. The Morgan fingerprint density at radius 2 is 2.21 bits per heavy atom. The molecule has 1 aliphatic rings. The van der Waals surface area contributed by atoms with Crippen molar-refractivity contribution in [2.45, 2.75) is 32.5 Å². The van der Waals surface area contributed by atoms with Crippen LogP contribution in [0.15, 0.2) is 18.2 Å². The Bertz CT molecular complexity index is 503. The van der Waals surface area contributed by atoms with E-state index in [0.717, 1.165) is 24.3 Å².